The molecule has 0 spiro atoms. The summed E-state index contributed by atoms with van der Waals surface area (Å²) in [6.45, 7) is 3.88. The largest absolute Gasteiger partial charge is 0.344 e. The van der Waals surface area contributed by atoms with Gasteiger partial charge in [0.2, 0.25) is 11.6 Å². The van der Waals surface area contributed by atoms with Gasteiger partial charge in [0, 0.05) is 24.7 Å². The molecule has 4 nitrogen and oxygen atoms in total. The standard InChI is InChI=1S/C16H16O4/c1-10(2)8-9-15-13(17)11-6-4-5-7-12(11)14(18)16(15,19-3)20-15/h4-8H,9H2,1-3H3/t15-,16+/m0/s1. The normalized spacial score (nSPS) is 30.6. The summed E-state index contributed by atoms with van der Waals surface area (Å²) in [5, 5.41) is 0. The number of benzene rings is 1. The fraction of sp³-hybridized carbons (Fsp3) is 0.375. The van der Waals surface area contributed by atoms with Crippen LogP contribution in [-0.2, 0) is 9.47 Å². The Kier molecular flexibility index (Phi) is 2.71. The summed E-state index contributed by atoms with van der Waals surface area (Å²) in [5.74, 6) is -1.88. The molecule has 2 atom stereocenters. The molecular formula is C16H16O4. The lowest BCUT2D eigenvalue weighted by Crippen LogP contribution is -2.46. The van der Waals surface area contributed by atoms with Gasteiger partial charge in [-0.3, -0.25) is 9.59 Å². The number of methoxy groups -OCH3 is 1. The molecule has 3 rings (SSSR count). The molecule has 20 heavy (non-hydrogen) atoms. The van der Waals surface area contributed by atoms with Crippen molar-refractivity contribution in [2.24, 2.45) is 0 Å². The predicted molar refractivity (Wildman–Crippen MR) is 72.7 cm³/mol. The molecule has 0 saturated carbocycles. The Morgan fingerprint density at radius 2 is 1.80 bits per heavy atom. The van der Waals surface area contributed by atoms with Gasteiger partial charge in [0.1, 0.15) is 0 Å². The SMILES string of the molecule is CO[C@]12O[C@@]1(CC=C(C)C)C(=O)c1ccccc1C2=O. The van der Waals surface area contributed by atoms with Gasteiger partial charge in [0.15, 0.2) is 5.60 Å². The average molecular weight is 272 g/mol. The number of Topliss-reactive ketones (excluding diaryl/α,β-unsaturated/α-hetero) is 2. The smallest absolute Gasteiger partial charge is 0.273 e. The van der Waals surface area contributed by atoms with E-state index in [1.807, 2.05) is 19.9 Å². The van der Waals surface area contributed by atoms with E-state index in [1.165, 1.54) is 7.11 Å². The molecule has 1 aromatic carbocycles. The second-order valence-corrected chi connectivity index (χ2v) is 5.44. The Hall–Kier alpha value is -1.78. The number of ketones is 2. The molecule has 1 fully saturated rings. The predicted octanol–water partition coefficient (Wildman–Crippen LogP) is 2.53. The quantitative estimate of drug-likeness (QED) is 0.626. The fourth-order valence-corrected chi connectivity index (χ4v) is 2.84. The van der Waals surface area contributed by atoms with Crippen molar-refractivity contribution in [3.05, 3.63) is 47.0 Å². The number of carbonyl (C=O) groups excluding carboxylic acids is 2. The highest BCUT2D eigenvalue weighted by atomic mass is 16.8. The topological polar surface area (TPSA) is 55.9 Å². The van der Waals surface area contributed by atoms with Crippen LogP contribution in [0.15, 0.2) is 35.9 Å². The first kappa shape index (κ1) is 13.2. The van der Waals surface area contributed by atoms with Crippen molar-refractivity contribution < 1.29 is 19.1 Å². The number of rotatable bonds is 3. The Bertz CT molecular complexity index is 642. The van der Waals surface area contributed by atoms with E-state index < -0.39 is 11.4 Å². The summed E-state index contributed by atoms with van der Waals surface area (Å²) >= 11 is 0. The zero-order valence-corrected chi connectivity index (χ0v) is 11.7. The number of fused-ring (bicyclic) bond motifs is 2. The minimum Gasteiger partial charge on any atom is -0.344 e. The van der Waals surface area contributed by atoms with Crippen molar-refractivity contribution in [2.45, 2.75) is 31.7 Å². The number of carbonyl (C=O) groups is 2. The first-order chi connectivity index (χ1) is 9.48. The Labute approximate surface area is 117 Å². The van der Waals surface area contributed by atoms with E-state index in [-0.39, 0.29) is 11.6 Å². The molecule has 0 amide bonds. The zero-order chi connectivity index (χ0) is 14.5. The van der Waals surface area contributed by atoms with E-state index in [0.717, 1.165) is 5.57 Å². The summed E-state index contributed by atoms with van der Waals surface area (Å²) in [5.41, 5.74) is 0.679. The monoisotopic (exact) mass is 272 g/mol. The molecule has 4 heteroatoms. The van der Waals surface area contributed by atoms with Crippen molar-refractivity contribution in [1.29, 1.82) is 0 Å². The van der Waals surface area contributed by atoms with Crippen LogP contribution in [-0.4, -0.2) is 30.1 Å². The van der Waals surface area contributed by atoms with E-state index in [0.29, 0.717) is 17.5 Å². The molecule has 1 heterocycles. The number of epoxide rings is 1. The van der Waals surface area contributed by atoms with Crippen LogP contribution in [0.5, 0.6) is 0 Å². The number of hydrogen-bond donors (Lipinski definition) is 0. The number of ether oxygens (including phenoxy) is 2. The van der Waals surface area contributed by atoms with Crippen LogP contribution in [0, 0.1) is 0 Å². The van der Waals surface area contributed by atoms with E-state index >= 15 is 0 Å². The maximum atomic E-state index is 12.7. The summed E-state index contributed by atoms with van der Waals surface area (Å²) < 4.78 is 10.9. The summed E-state index contributed by atoms with van der Waals surface area (Å²) in [6, 6.07) is 6.80. The molecule has 0 unspecified atom stereocenters. The summed E-state index contributed by atoms with van der Waals surface area (Å²) in [6.07, 6.45) is 2.25. The Morgan fingerprint density at radius 3 is 2.35 bits per heavy atom. The molecule has 2 aliphatic rings. The van der Waals surface area contributed by atoms with E-state index in [1.54, 1.807) is 24.3 Å². The minimum atomic E-state index is -1.44. The van der Waals surface area contributed by atoms with Gasteiger partial charge in [-0.1, -0.05) is 35.9 Å². The molecule has 0 aromatic heterocycles. The Morgan fingerprint density at radius 1 is 1.20 bits per heavy atom. The fourth-order valence-electron chi connectivity index (χ4n) is 2.84. The van der Waals surface area contributed by atoms with Gasteiger partial charge in [-0.25, -0.2) is 0 Å². The van der Waals surface area contributed by atoms with Gasteiger partial charge < -0.3 is 9.47 Å². The van der Waals surface area contributed by atoms with Crippen molar-refractivity contribution in [3.63, 3.8) is 0 Å². The van der Waals surface area contributed by atoms with Crippen molar-refractivity contribution in [1.82, 2.24) is 0 Å². The third-order valence-electron chi connectivity index (χ3n) is 3.98. The van der Waals surface area contributed by atoms with Crippen molar-refractivity contribution in [3.8, 4) is 0 Å². The Balaban J connectivity index is 2.13. The van der Waals surface area contributed by atoms with Gasteiger partial charge >= 0.3 is 0 Å². The van der Waals surface area contributed by atoms with Crippen molar-refractivity contribution in [2.75, 3.05) is 7.11 Å². The molecule has 0 radical (unpaired) electrons. The molecule has 0 N–H and O–H groups in total. The molecule has 104 valence electrons. The van der Waals surface area contributed by atoms with Crippen LogP contribution in [0.3, 0.4) is 0 Å². The highest BCUT2D eigenvalue weighted by Crippen LogP contribution is 2.58. The maximum absolute atomic E-state index is 12.7. The van der Waals surface area contributed by atoms with Gasteiger partial charge in [0.05, 0.1) is 0 Å². The van der Waals surface area contributed by atoms with Crippen molar-refractivity contribution >= 4 is 11.6 Å². The zero-order valence-electron chi connectivity index (χ0n) is 11.7. The lowest BCUT2D eigenvalue weighted by molar-refractivity contribution is 0.000745. The molecule has 1 saturated heterocycles. The third kappa shape index (κ3) is 1.43. The molecule has 0 bridgehead atoms. The third-order valence-corrected chi connectivity index (χ3v) is 3.98. The molecule has 1 aliphatic heterocycles. The van der Waals surface area contributed by atoms with Gasteiger partial charge in [0.25, 0.3) is 5.79 Å². The summed E-state index contributed by atoms with van der Waals surface area (Å²) in [7, 11) is 1.41. The second kappa shape index (κ2) is 4.11. The lowest BCUT2D eigenvalue weighted by Gasteiger charge is -2.23. The van der Waals surface area contributed by atoms with Gasteiger partial charge in [-0.15, -0.1) is 0 Å². The average Bonchev–Trinajstić information content (AvgIpc) is 3.14. The second-order valence-electron chi connectivity index (χ2n) is 5.44. The highest BCUT2D eigenvalue weighted by molar-refractivity contribution is 6.24. The first-order valence-electron chi connectivity index (χ1n) is 6.56. The number of hydrogen-bond acceptors (Lipinski definition) is 4. The summed E-state index contributed by atoms with van der Waals surface area (Å²) in [4.78, 5) is 25.3. The lowest BCUT2D eigenvalue weighted by atomic mass is 9.78. The van der Waals surface area contributed by atoms with Gasteiger partial charge in [-0.2, -0.15) is 0 Å². The van der Waals surface area contributed by atoms with E-state index in [4.69, 9.17) is 9.47 Å². The van der Waals surface area contributed by atoms with E-state index in [9.17, 15) is 9.59 Å². The molecule has 1 aromatic rings. The number of allylic oxidation sites excluding steroid dienone is 1. The van der Waals surface area contributed by atoms with Crippen LogP contribution in [0.25, 0.3) is 0 Å². The maximum Gasteiger partial charge on any atom is 0.273 e. The first-order valence-corrected chi connectivity index (χ1v) is 6.56. The van der Waals surface area contributed by atoms with Crippen LogP contribution >= 0.6 is 0 Å². The minimum absolute atomic E-state index is 0.174. The van der Waals surface area contributed by atoms with E-state index in [2.05, 4.69) is 0 Å². The molecular weight excluding hydrogens is 256 g/mol. The van der Waals surface area contributed by atoms with Crippen LogP contribution < -0.4 is 0 Å². The highest BCUT2D eigenvalue weighted by Gasteiger charge is 2.81. The van der Waals surface area contributed by atoms with Crippen LogP contribution in [0.1, 0.15) is 41.0 Å². The molecule has 1 aliphatic carbocycles. The van der Waals surface area contributed by atoms with Gasteiger partial charge in [-0.05, 0) is 13.8 Å². The van der Waals surface area contributed by atoms with Crippen LogP contribution in [0.4, 0.5) is 0 Å². The van der Waals surface area contributed by atoms with Crippen LogP contribution in [0.2, 0.25) is 0 Å².